The average molecular weight is 197 g/mol. The van der Waals surface area contributed by atoms with Gasteiger partial charge < -0.3 is 4.74 Å². The summed E-state index contributed by atoms with van der Waals surface area (Å²) < 4.78 is 41.0. The van der Waals surface area contributed by atoms with E-state index in [4.69, 9.17) is 4.74 Å². The molecular weight excluding hydrogens is 183 g/mol. The standard InChI is InChI=1S/C8H14F3NO/c1-13-5-7-3-2-4-12(7)6-8(9,10)11/h7H,2-6H2,1H3. The van der Waals surface area contributed by atoms with E-state index < -0.39 is 12.7 Å². The molecule has 1 heterocycles. The Kier molecular flexibility index (Phi) is 3.55. The maximum Gasteiger partial charge on any atom is 0.401 e. The molecule has 5 heteroatoms. The summed E-state index contributed by atoms with van der Waals surface area (Å²) in [6.45, 7) is 0.130. The third-order valence-electron chi connectivity index (χ3n) is 2.24. The zero-order chi connectivity index (χ0) is 9.90. The Morgan fingerprint density at radius 2 is 2.15 bits per heavy atom. The fourth-order valence-corrected chi connectivity index (χ4v) is 1.71. The van der Waals surface area contributed by atoms with Gasteiger partial charge in [-0.15, -0.1) is 0 Å². The van der Waals surface area contributed by atoms with Crippen LogP contribution < -0.4 is 0 Å². The van der Waals surface area contributed by atoms with E-state index in [1.807, 2.05) is 0 Å². The smallest absolute Gasteiger partial charge is 0.383 e. The van der Waals surface area contributed by atoms with E-state index in [1.165, 1.54) is 12.0 Å². The highest BCUT2D eigenvalue weighted by atomic mass is 19.4. The predicted octanol–water partition coefficient (Wildman–Crippen LogP) is 1.66. The molecule has 13 heavy (non-hydrogen) atoms. The highest BCUT2D eigenvalue weighted by molar-refractivity contribution is 4.80. The summed E-state index contributed by atoms with van der Waals surface area (Å²) in [7, 11) is 1.52. The van der Waals surface area contributed by atoms with E-state index in [9.17, 15) is 13.2 Å². The summed E-state index contributed by atoms with van der Waals surface area (Å²) in [6.07, 6.45) is -2.44. The number of rotatable bonds is 3. The molecule has 1 aliphatic heterocycles. The molecule has 1 rings (SSSR count). The summed E-state index contributed by atoms with van der Waals surface area (Å²) >= 11 is 0. The van der Waals surface area contributed by atoms with Crippen LogP contribution in [0.2, 0.25) is 0 Å². The fraction of sp³-hybridized carbons (Fsp3) is 1.00. The Labute approximate surface area is 75.7 Å². The topological polar surface area (TPSA) is 12.5 Å². The first-order valence-electron chi connectivity index (χ1n) is 4.32. The second-order valence-electron chi connectivity index (χ2n) is 3.34. The number of alkyl halides is 3. The van der Waals surface area contributed by atoms with Crippen LogP contribution in [0.4, 0.5) is 13.2 Å². The van der Waals surface area contributed by atoms with Gasteiger partial charge in [0.2, 0.25) is 0 Å². The van der Waals surface area contributed by atoms with Gasteiger partial charge in [-0.05, 0) is 19.4 Å². The third-order valence-corrected chi connectivity index (χ3v) is 2.24. The van der Waals surface area contributed by atoms with E-state index >= 15 is 0 Å². The maximum atomic E-state index is 12.0. The van der Waals surface area contributed by atoms with Crippen molar-refractivity contribution in [2.75, 3.05) is 26.8 Å². The zero-order valence-electron chi connectivity index (χ0n) is 7.60. The number of methoxy groups -OCH3 is 1. The van der Waals surface area contributed by atoms with Gasteiger partial charge in [-0.1, -0.05) is 0 Å². The van der Waals surface area contributed by atoms with Crippen LogP contribution in [-0.4, -0.2) is 43.9 Å². The van der Waals surface area contributed by atoms with Crippen molar-refractivity contribution in [3.63, 3.8) is 0 Å². The first-order valence-corrected chi connectivity index (χ1v) is 4.32. The van der Waals surface area contributed by atoms with Gasteiger partial charge in [0.05, 0.1) is 13.2 Å². The van der Waals surface area contributed by atoms with Gasteiger partial charge in [-0.25, -0.2) is 0 Å². The van der Waals surface area contributed by atoms with Crippen molar-refractivity contribution in [2.24, 2.45) is 0 Å². The molecule has 1 unspecified atom stereocenters. The molecule has 1 fully saturated rings. The lowest BCUT2D eigenvalue weighted by Gasteiger charge is -2.24. The van der Waals surface area contributed by atoms with Crippen molar-refractivity contribution in [3.8, 4) is 0 Å². The molecule has 0 aromatic carbocycles. The van der Waals surface area contributed by atoms with Crippen LogP contribution in [0.25, 0.3) is 0 Å². The number of likely N-dealkylation sites (tertiary alicyclic amines) is 1. The van der Waals surface area contributed by atoms with Gasteiger partial charge in [0, 0.05) is 13.2 Å². The fourth-order valence-electron chi connectivity index (χ4n) is 1.71. The van der Waals surface area contributed by atoms with Crippen molar-refractivity contribution >= 4 is 0 Å². The number of ether oxygens (including phenoxy) is 1. The molecule has 0 aromatic heterocycles. The Bertz CT molecular complexity index is 160. The van der Waals surface area contributed by atoms with Crippen molar-refractivity contribution in [3.05, 3.63) is 0 Å². The van der Waals surface area contributed by atoms with Crippen LogP contribution in [0.5, 0.6) is 0 Å². The summed E-state index contributed by atoms with van der Waals surface area (Å²) in [6, 6.07) is -0.0494. The molecule has 0 radical (unpaired) electrons. The minimum Gasteiger partial charge on any atom is -0.383 e. The molecule has 0 saturated carbocycles. The minimum atomic E-state index is -4.09. The third kappa shape index (κ3) is 3.52. The van der Waals surface area contributed by atoms with Crippen molar-refractivity contribution in [1.82, 2.24) is 4.90 Å². The summed E-state index contributed by atoms with van der Waals surface area (Å²) in [5, 5.41) is 0. The second-order valence-corrected chi connectivity index (χ2v) is 3.34. The monoisotopic (exact) mass is 197 g/mol. The summed E-state index contributed by atoms with van der Waals surface area (Å²) in [4.78, 5) is 1.45. The van der Waals surface area contributed by atoms with Gasteiger partial charge >= 0.3 is 6.18 Å². The first-order chi connectivity index (χ1) is 6.03. The first kappa shape index (κ1) is 10.8. The number of halogens is 3. The molecule has 1 saturated heterocycles. The van der Waals surface area contributed by atoms with Crippen LogP contribution in [0.3, 0.4) is 0 Å². The van der Waals surface area contributed by atoms with Crippen LogP contribution >= 0.6 is 0 Å². The molecule has 1 atom stereocenters. The van der Waals surface area contributed by atoms with Gasteiger partial charge in [0.15, 0.2) is 0 Å². The highest BCUT2D eigenvalue weighted by Crippen LogP contribution is 2.23. The van der Waals surface area contributed by atoms with Crippen LogP contribution in [0, 0.1) is 0 Å². The molecule has 78 valence electrons. The summed E-state index contributed by atoms with van der Waals surface area (Å²) in [5.74, 6) is 0. The average Bonchev–Trinajstić information content (AvgIpc) is 2.34. The Balaban J connectivity index is 2.39. The summed E-state index contributed by atoms with van der Waals surface area (Å²) in [5.41, 5.74) is 0. The molecule has 0 spiro atoms. The van der Waals surface area contributed by atoms with Gasteiger partial charge in [0.1, 0.15) is 0 Å². The molecule has 0 N–H and O–H groups in total. The van der Waals surface area contributed by atoms with Crippen LogP contribution in [0.15, 0.2) is 0 Å². The largest absolute Gasteiger partial charge is 0.401 e. The van der Waals surface area contributed by atoms with E-state index in [-0.39, 0.29) is 6.04 Å². The highest BCUT2D eigenvalue weighted by Gasteiger charge is 2.35. The zero-order valence-corrected chi connectivity index (χ0v) is 7.60. The minimum absolute atomic E-state index is 0.0494. The predicted molar refractivity (Wildman–Crippen MR) is 42.5 cm³/mol. The quantitative estimate of drug-likeness (QED) is 0.682. The van der Waals surface area contributed by atoms with E-state index in [1.54, 1.807) is 0 Å². The number of hydrogen-bond donors (Lipinski definition) is 0. The molecule has 0 amide bonds. The molecule has 0 aromatic rings. The van der Waals surface area contributed by atoms with Crippen LogP contribution in [0.1, 0.15) is 12.8 Å². The van der Waals surface area contributed by atoms with E-state index in [0.29, 0.717) is 13.2 Å². The Morgan fingerprint density at radius 1 is 1.46 bits per heavy atom. The van der Waals surface area contributed by atoms with Crippen molar-refractivity contribution in [2.45, 2.75) is 25.1 Å². The normalized spacial score (nSPS) is 25.4. The lowest BCUT2D eigenvalue weighted by Crippen LogP contribution is -2.39. The molecule has 2 nitrogen and oxygen atoms in total. The SMILES string of the molecule is COCC1CCCN1CC(F)(F)F. The maximum absolute atomic E-state index is 12.0. The molecule has 0 bridgehead atoms. The van der Waals surface area contributed by atoms with Crippen molar-refractivity contribution < 1.29 is 17.9 Å². The van der Waals surface area contributed by atoms with E-state index in [2.05, 4.69) is 0 Å². The number of hydrogen-bond acceptors (Lipinski definition) is 2. The van der Waals surface area contributed by atoms with Crippen LogP contribution in [-0.2, 0) is 4.74 Å². The Morgan fingerprint density at radius 3 is 2.69 bits per heavy atom. The van der Waals surface area contributed by atoms with Gasteiger partial charge in [-0.2, -0.15) is 13.2 Å². The molecular formula is C8H14F3NO. The second kappa shape index (κ2) is 4.28. The van der Waals surface area contributed by atoms with E-state index in [0.717, 1.165) is 12.8 Å². The number of nitrogens with zero attached hydrogens (tertiary/aromatic N) is 1. The molecule has 0 aliphatic carbocycles. The molecule has 1 aliphatic rings. The van der Waals surface area contributed by atoms with Gasteiger partial charge in [0.25, 0.3) is 0 Å². The lowest BCUT2D eigenvalue weighted by atomic mass is 10.2. The van der Waals surface area contributed by atoms with Gasteiger partial charge in [-0.3, -0.25) is 4.90 Å². The van der Waals surface area contributed by atoms with Crippen molar-refractivity contribution in [1.29, 1.82) is 0 Å². The Hall–Kier alpha value is -0.290. The lowest BCUT2D eigenvalue weighted by molar-refractivity contribution is -0.149.